The molecular weight excluding hydrogens is 454 g/mol. The number of aryl methyl sites for hydroxylation is 1. The van der Waals surface area contributed by atoms with Crippen molar-refractivity contribution in [2.24, 2.45) is 0 Å². The van der Waals surface area contributed by atoms with Gasteiger partial charge in [-0.15, -0.1) is 11.3 Å². The zero-order valence-corrected chi connectivity index (χ0v) is 19.7. The van der Waals surface area contributed by atoms with Gasteiger partial charge in [-0.05, 0) is 45.5 Å². The molecule has 0 bridgehead atoms. The molecule has 1 fully saturated rings. The molecule has 0 aromatic carbocycles. The molecule has 176 valence electrons. The van der Waals surface area contributed by atoms with Crippen LogP contribution < -0.4 is 10.6 Å². The van der Waals surface area contributed by atoms with Gasteiger partial charge in [0.2, 0.25) is 0 Å². The number of rotatable bonds is 6. The fourth-order valence-corrected chi connectivity index (χ4v) is 5.04. The standard InChI is InChI=1S/C23H25N7O3S/c1-14-19(8-16(10-25-14)27-23(32)33-13-17-4-3-7-29(17)2)28-21(31)18-11-26-30-12-20(34-22(18)30)15-5-6-24-9-15/h5-6,8-12,17,24H,3-4,7,13H2,1-2H3,(H,27,32)(H,28,31)/t17-/m0/s1. The van der Waals surface area contributed by atoms with Gasteiger partial charge in [0.1, 0.15) is 11.4 Å². The summed E-state index contributed by atoms with van der Waals surface area (Å²) in [5.74, 6) is -0.300. The molecule has 0 unspecified atom stereocenters. The lowest BCUT2D eigenvalue weighted by atomic mass is 10.2. The van der Waals surface area contributed by atoms with Crippen molar-refractivity contribution in [3.63, 3.8) is 0 Å². The van der Waals surface area contributed by atoms with Crippen LogP contribution in [0.4, 0.5) is 16.2 Å². The second-order valence-corrected chi connectivity index (χ2v) is 9.34. The van der Waals surface area contributed by atoms with Crippen LogP contribution in [0.15, 0.2) is 43.1 Å². The van der Waals surface area contributed by atoms with E-state index in [4.69, 9.17) is 4.74 Å². The number of ether oxygens (including phenoxy) is 1. The SMILES string of the molecule is Cc1ncc(NC(=O)OC[C@@H]2CCCN2C)cc1NC(=O)c1cnn2cc(-c3cc[nH]c3)sc12. The quantitative estimate of drug-likeness (QED) is 0.385. The molecule has 1 saturated heterocycles. The average molecular weight is 480 g/mol. The molecule has 3 N–H and O–H groups in total. The predicted octanol–water partition coefficient (Wildman–Crippen LogP) is 3.99. The monoisotopic (exact) mass is 479 g/mol. The highest BCUT2D eigenvalue weighted by atomic mass is 32.1. The summed E-state index contributed by atoms with van der Waals surface area (Å²) in [7, 11) is 2.03. The number of fused-ring (bicyclic) bond motifs is 1. The van der Waals surface area contributed by atoms with E-state index in [9.17, 15) is 9.59 Å². The van der Waals surface area contributed by atoms with E-state index in [-0.39, 0.29) is 11.9 Å². The smallest absolute Gasteiger partial charge is 0.411 e. The summed E-state index contributed by atoms with van der Waals surface area (Å²) in [6.07, 6.45) is 10.3. The summed E-state index contributed by atoms with van der Waals surface area (Å²) >= 11 is 1.49. The van der Waals surface area contributed by atoms with E-state index in [0.717, 1.165) is 34.7 Å². The molecule has 1 atom stereocenters. The lowest BCUT2D eigenvalue weighted by Crippen LogP contribution is -2.31. The molecule has 0 aliphatic carbocycles. The van der Waals surface area contributed by atoms with Crippen molar-refractivity contribution in [1.29, 1.82) is 0 Å². The Bertz CT molecular complexity index is 1330. The molecule has 0 radical (unpaired) electrons. The first kappa shape index (κ1) is 22.1. The van der Waals surface area contributed by atoms with Crippen molar-refractivity contribution < 1.29 is 14.3 Å². The zero-order valence-electron chi connectivity index (χ0n) is 18.9. The van der Waals surface area contributed by atoms with Crippen molar-refractivity contribution in [3.05, 3.63) is 54.4 Å². The Kier molecular flexibility index (Phi) is 6.03. The van der Waals surface area contributed by atoms with Crippen LogP contribution in [0.2, 0.25) is 0 Å². The molecule has 10 nitrogen and oxygen atoms in total. The number of amides is 2. The first-order valence-corrected chi connectivity index (χ1v) is 11.8. The van der Waals surface area contributed by atoms with E-state index in [1.807, 2.05) is 31.7 Å². The predicted molar refractivity (Wildman–Crippen MR) is 130 cm³/mol. The molecule has 1 aliphatic rings. The third kappa shape index (κ3) is 4.52. The Hall–Kier alpha value is -3.70. The van der Waals surface area contributed by atoms with Gasteiger partial charge < -0.3 is 19.9 Å². The molecule has 4 aromatic heterocycles. The van der Waals surface area contributed by atoms with Gasteiger partial charge in [-0.2, -0.15) is 5.10 Å². The number of H-pyrrole nitrogens is 1. The minimum Gasteiger partial charge on any atom is -0.448 e. The highest BCUT2D eigenvalue weighted by Gasteiger charge is 2.22. The van der Waals surface area contributed by atoms with Crippen molar-refractivity contribution in [2.75, 3.05) is 30.8 Å². The summed E-state index contributed by atoms with van der Waals surface area (Å²) in [4.78, 5) is 36.6. The summed E-state index contributed by atoms with van der Waals surface area (Å²) in [6.45, 7) is 3.15. The van der Waals surface area contributed by atoms with Gasteiger partial charge in [0.05, 0.1) is 39.9 Å². The minimum atomic E-state index is -0.544. The Morgan fingerprint density at radius 2 is 2.21 bits per heavy atom. The zero-order chi connectivity index (χ0) is 23.7. The Morgan fingerprint density at radius 1 is 1.32 bits per heavy atom. The summed E-state index contributed by atoms with van der Waals surface area (Å²) in [6, 6.07) is 3.89. The van der Waals surface area contributed by atoms with Crippen LogP contribution in [0.3, 0.4) is 0 Å². The number of likely N-dealkylation sites (tertiary alicyclic amines) is 1. The van der Waals surface area contributed by atoms with Crippen molar-refractivity contribution in [2.45, 2.75) is 25.8 Å². The van der Waals surface area contributed by atoms with E-state index in [2.05, 4.69) is 30.6 Å². The number of pyridine rings is 1. The Labute approximate surface area is 199 Å². The fraction of sp³-hybridized carbons (Fsp3) is 0.304. The lowest BCUT2D eigenvalue weighted by molar-refractivity contribution is 0.102. The maximum atomic E-state index is 13.0. The van der Waals surface area contributed by atoms with E-state index in [1.165, 1.54) is 17.5 Å². The van der Waals surface area contributed by atoms with Gasteiger partial charge in [0.25, 0.3) is 5.91 Å². The van der Waals surface area contributed by atoms with E-state index in [0.29, 0.717) is 29.2 Å². The van der Waals surface area contributed by atoms with E-state index >= 15 is 0 Å². The van der Waals surface area contributed by atoms with Crippen LogP contribution in [-0.2, 0) is 4.74 Å². The average Bonchev–Trinajstić information content (AvgIpc) is 3.59. The van der Waals surface area contributed by atoms with Crippen LogP contribution in [0.1, 0.15) is 28.9 Å². The molecule has 5 rings (SSSR count). The van der Waals surface area contributed by atoms with Gasteiger partial charge in [-0.3, -0.25) is 15.1 Å². The Balaban J connectivity index is 1.26. The number of nitrogens with zero attached hydrogens (tertiary/aromatic N) is 4. The number of hydrogen-bond donors (Lipinski definition) is 3. The normalized spacial score (nSPS) is 16.1. The van der Waals surface area contributed by atoms with Crippen LogP contribution >= 0.6 is 11.3 Å². The molecule has 4 aromatic rings. The summed E-state index contributed by atoms with van der Waals surface area (Å²) in [5.41, 5.74) is 3.07. The maximum Gasteiger partial charge on any atom is 0.411 e. The first-order chi connectivity index (χ1) is 16.5. The number of thiazole rings is 1. The maximum absolute atomic E-state index is 13.0. The third-order valence-electron chi connectivity index (χ3n) is 5.98. The number of nitrogens with one attached hydrogen (secondary N) is 3. The molecule has 11 heteroatoms. The van der Waals surface area contributed by atoms with Crippen LogP contribution in [0, 0.1) is 6.92 Å². The fourth-order valence-electron chi connectivity index (χ4n) is 3.99. The minimum absolute atomic E-state index is 0.250. The Morgan fingerprint density at radius 3 is 2.97 bits per heavy atom. The molecule has 0 saturated carbocycles. The molecule has 1 aliphatic heterocycles. The first-order valence-electron chi connectivity index (χ1n) is 11.0. The third-order valence-corrected chi connectivity index (χ3v) is 7.14. The second kappa shape index (κ2) is 9.27. The molecule has 34 heavy (non-hydrogen) atoms. The van der Waals surface area contributed by atoms with E-state index in [1.54, 1.807) is 23.7 Å². The lowest BCUT2D eigenvalue weighted by Gasteiger charge is -2.19. The van der Waals surface area contributed by atoms with Gasteiger partial charge >= 0.3 is 6.09 Å². The summed E-state index contributed by atoms with van der Waals surface area (Å²) < 4.78 is 7.07. The van der Waals surface area contributed by atoms with Crippen molar-refractivity contribution in [1.82, 2.24) is 24.5 Å². The van der Waals surface area contributed by atoms with Gasteiger partial charge in [-0.25, -0.2) is 9.31 Å². The number of anilines is 2. The van der Waals surface area contributed by atoms with Crippen LogP contribution in [0.25, 0.3) is 15.3 Å². The number of carbonyl (C=O) groups excluding carboxylic acids is 2. The molecular formula is C23H25N7O3S. The van der Waals surface area contributed by atoms with Crippen LogP contribution in [-0.4, -0.2) is 62.7 Å². The molecule has 5 heterocycles. The summed E-state index contributed by atoms with van der Waals surface area (Å²) in [5, 5.41) is 9.90. The number of aromatic nitrogens is 4. The van der Waals surface area contributed by atoms with E-state index < -0.39 is 6.09 Å². The topological polar surface area (TPSA) is 117 Å². The highest BCUT2D eigenvalue weighted by molar-refractivity contribution is 7.21. The number of aromatic amines is 1. The van der Waals surface area contributed by atoms with Gasteiger partial charge in [0, 0.05) is 30.2 Å². The highest BCUT2D eigenvalue weighted by Crippen LogP contribution is 2.30. The number of likely N-dealkylation sites (N-methyl/N-ethyl adjacent to an activating group) is 1. The van der Waals surface area contributed by atoms with Crippen molar-refractivity contribution in [3.8, 4) is 10.4 Å². The van der Waals surface area contributed by atoms with Gasteiger partial charge in [-0.1, -0.05) is 0 Å². The van der Waals surface area contributed by atoms with Crippen LogP contribution in [0.5, 0.6) is 0 Å². The van der Waals surface area contributed by atoms with Gasteiger partial charge in [0.15, 0.2) is 0 Å². The van der Waals surface area contributed by atoms with Crippen molar-refractivity contribution >= 4 is 39.5 Å². The molecule has 0 spiro atoms. The molecule has 2 amide bonds. The number of hydrogen-bond acceptors (Lipinski definition) is 7. The largest absolute Gasteiger partial charge is 0.448 e. The second-order valence-electron chi connectivity index (χ2n) is 8.31. The number of carbonyl (C=O) groups is 2.